The van der Waals surface area contributed by atoms with Crippen molar-refractivity contribution in [2.45, 2.75) is 13.3 Å². The van der Waals surface area contributed by atoms with Gasteiger partial charge in [0.15, 0.2) is 11.5 Å². The lowest BCUT2D eigenvalue weighted by Crippen LogP contribution is -2.01. The highest BCUT2D eigenvalue weighted by Crippen LogP contribution is 2.41. The molecule has 0 aliphatic heterocycles. The molecule has 0 spiro atoms. The molecule has 0 fully saturated rings. The van der Waals surface area contributed by atoms with E-state index in [2.05, 4.69) is 16.9 Å². The van der Waals surface area contributed by atoms with E-state index in [1.807, 2.05) is 30.3 Å². The largest absolute Gasteiger partial charge is 0.497 e. The molecule has 6 nitrogen and oxygen atoms in total. The summed E-state index contributed by atoms with van der Waals surface area (Å²) in [7, 11) is 4.87. The number of hydrogen-bond acceptors (Lipinski definition) is 5. The highest BCUT2D eigenvalue weighted by Gasteiger charge is 2.17. The number of fused-ring (bicyclic) bond motifs is 1. The Balaban J connectivity index is 2.07. The Morgan fingerprint density at radius 2 is 1.68 bits per heavy atom. The number of H-pyrrole nitrogens is 1. The Morgan fingerprint density at radius 1 is 0.960 bits per heavy atom. The number of rotatable bonds is 7. The first-order valence-corrected chi connectivity index (χ1v) is 8.13. The number of aromatic amines is 1. The molecule has 0 atom stereocenters. The van der Waals surface area contributed by atoms with Gasteiger partial charge in [0.2, 0.25) is 5.75 Å². The number of aromatic nitrogens is 2. The molecule has 6 heteroatoms. The summed E-state index contributed by atoms with van der Waals surface area (Å²) in [6, 6.07) is 9.50. The average molecular weight is 342 g/mol. The number of benzene rings is 2. The molecule has 1 N–H and O–H groups in total. The van der Waals surface area contributed by atoms with E-state index in [1.165, 1.54) is 0 Å². The zero-order valence-corrected chi connectivity index (χ0v) is 14.9. The van der Waals surface area contributed by atoms with Crippen molar-refractivity contribution in [3.63, 3.8) is 0 Å². The van der Waals surface area contributed by atoms with Gasteiger partial charge < -0.3 is 23.9 Å². The second-order valence-electron chi connectivity index (χ2n) is 5.53. The SMILES string of the molecule is CCCOc1c(OC)cc(-c2nc3ccc(OC)cc3[nH]2)cc1OC. The molecular formula is C19H22N2O4. The fourth-order valence-corrected chi connectivity index (χ4v) is 2.62. The van der Waals surface area contributed by atoms with Crippen LogP contribution in [0.1, 0.15) is 13.3 Å². The highest BCUT2D eigenvalue weighted by atomic mass is 16.5. The third-order valence-electron chi connectivity index (χ3n) is 3.87. The third-order valence-corrected chi connectivity index (χ3v) is 3.87. The van der Waals surface area contributed by atoms with Gasteiger partial charge in [0.25, 0.3) is 0 Å². The second kappa shape index (κ2) is 7.34. The minimum Gasteiger partial charge on any atom is -0.497 e. The Labute approximate surface area is 146 Å². The Morgan fingerprint density at radius 3 is 2.28 bits per heavy atom. The minimum atomic E-state index is 0.594. The summed E-state index contributed by atoms with van der Waals surface area (Å²) in [5.41, 5.74) is 2.62. The van der Waals surface area contributed by atoms with Crippen molar-refractivity contribution in [1.82, 2.24) is 9.97 Å². The van der Waals surface area contributed by atoms with E-state index in [9.17, 15) is 0 Å². The quantitative estimate of drug-likeness (QED) is 0.702. The summed E-state index contributed by atoms with van der Waals surface area (Å²) < 4.78 is 22.0. The summed E-state index contributed by atoms with van der Waals surface area (Å²) in [4.78, 5) is 7.95. The van der Waals surface area contributed by atoms with E-state index < -0.39 is 0 Å². The molecule has 3 rings (SSSR count). The molecular weight excluding hydrogens is 320 g/mol. The van der Waals surface area contributed by atoms with E-state index >= 15 is 0 Å². The predicted molar refractivity (Wildman–Crippen MR) is 97.0 cm³/mol. The van der Waals surface area contributed by atoms with E-state index in [1.54, 1.807) is 21.3 Å². The maximum atomic E-state index is 5.78. The molecule has 0 aliphatic carbocycles. The van der Waals surface area contributed by atoms with Gasteiger partial charge in [-0.25, -0.2) is 4.98 Å². The lowest BCUT2D eigenvalue weighted by molar-refractivity contribution is 0.275. The number of nitrogens with zero attached hydrogens (tertiary/aromatic N) is 1. The summed E-state index contributed by atoms with van der Waals surface area (Å²) in [6.45, 7) is 2.65. The van der Waals surface area contributed by atoms with Crippen LogP contribution in [0.25, 0.3) is 22.4 Å². The van der Waals surface area contributed by atoms with Crippen LogP contribution in [0.15, 0.2) is 30.3 Å². The van der Waals surface area contributed by atoms with Crippen molar-refractivity contribution in [3.05, 3.63) is 30.3 Å². The van der Waals surface area contributed by atoms with E-state index in [0.29, 0.717) is 23.9 Å². The normalized spacial score (nSPS) is 10.7. The van der Waals surface area contributed by atoms with Gasteiger partial charge in [0, 0.05) is 11.6 Å². The predicted octanol–water partition coefficient (Wildman–Crippen LogP) is 4.04. The molecule has 0 saturated heterocycles. The first kappa shape index (κ1) is 17.0. The Bertz CT molecular complexity index is 848. The fourth-order valence-electron chi connectivity index (χ4n) is 2.62. The number of methoxy groups -OCH3 is 3. The van der Waals surface area contributed by atoms with Gasteiger partial charge in [-0.2, -0.15) is 0 Å². The van der Waals surface area contributed by atoms with Crippen LogP contribution >= 0.6 is 0 Å². The smallest absolute Gasteiger partial charge is 0.203 e. The molecule has 1 heterocycles. The van der Waals surface area contributed by atoms with Crippen LogP contribution in [0.5, 0.6) is 23.0 Å². The molecule has 25 heavy (non-hydrogen) atoms. The first-order valence-electron chi connectivity index (χ1n) is 8.13. The van der Waals surface area contributed by atoms with E-state index in [-0.39, 0.29) is 0 Å². The number of hydrogen-bond donors (Lipinski definition) is 1. The lowest BCUT2D eigenvalue weighted by Gasteiger charge is -2.15. The number of ether oxygens (including phenoxy) is 4. The molecule has 1 aromatic heterocycles. The van der Waals surface area contributed by atoms with Gasteiger partial charge >= 0.3 is 0 Å². The molecule has 132 valence electrons. The van der Waals surface area contributed by atoms with Gasteiger partial charge in [-0.1, -0.05) is 6.92 Å². The molecule has 3 aromatic rings. The van der Waals surface area contributed by atoms with E-state index in [4.69, 9.17) is 18.9 Å². The van der Waals surface area contributed by atoms with Crippen LogP contribution in [-0.4, -0.2) is 37.9 Å². The summed E-state index contributed by atoms with van der Waals surface area (Å²) in [6.07, 6.45) is 0.902. The van der Waals surface area contributed by atoms with Crippen LogP contribution < -0.4 is 18.9 Å². The van der Waals surface area contributed by atoms with Crippen LogP contribution in [0, 0.1) is 0 Å². The van der Waals surface area contributed by atoms with Crippen LogP contribution in [0.2, 0.25) is 0 Å². The Hall–Kier alpha value is -2.89. The summed E-state index contributed by atoms with van der Waals surface area (Å²) in [5.74, 6) is 3.33. The molecule has 2 aromatic carbocycles. The molecule has 0 bridgehead atoms. The molecule has 0 saturated carbocycles. The first-order chi connectivity index (χ1) is 12.2. The monoisotopic (exact) mass is 342 g/mol. The maximum Gasteiger partial charge on any atom is 0.203 e. The second-order valence-corrected chi connectivity index (χ2v) is 5.53. The van der Waals surface area contributed by atoms with Gasteiger partial charge in [-0.15, -0.1) is 0 Å². The molecule has 0 aliphatic rings. The van der Waals surface area contributed by atoms with Crippen molar-refractivity contribution in [3.8, 4) is 34.4 Å². The number of nitrogens with one attached hydrogen (secondary N) is 1. The maximum absolute atomic E-state index is 5.78. The summed E-state index contributed by atoms with van der Waals surface area (Å²) in [5, 5.41) is 0. The molecule has 0 amide bonds. The zero-order valence-electron chi connectivity index (χ0n) is 14.9. The van der Waals surface area contributed by atoms with Crippen LogP contribution in [0.3, 0.4) is 0 Å². The fraction of sp³-hybridized carbons (Fsp3) is 0.316. The van der Waals surface area contributed by atoms with Crippen molar-refractivity contribution in [2.75, 3.05) is 27.9 Å². The van der Waals surface area contributed by atoms with Crippen molar-refractivity contribution >= 4 is 11.0 Å². The minimum absolute atomic E-state index is 0.594. The van der Waals surface area contributed by atoms with Crippen LogP contribution in [0.4, 0.5) is 0 Å². The van der Waals surface area contributed by atoms with Crippen molar-refractivity contribution in [2.24, 2.45) is 0 Å². The zero-order chi connectivity index (χ0) is 17.8. The van der Waals surface area contributed by atoms with E-state index in [0.717, 1.165) is 34.6 Å². The van der Waals surface area contributed by atoms with Gasteiger partial charge in [0.1, 0.15) is 11.6 Å². The standard InChI is InChI=1S/C19H22N2O4/c1-5-8-25-18-16(23-3)9-12(10-17(18)24-4)19-20-14-7-6-13(22-2)11-15(14)21-19/h6-7,9-11H,5,8H2,1-4H3,(H,20,21). The van der Waals surface area contributed by atoms with Gasteiger partial charge in [0.05, 0.1) is 39.0 Å². The lowest BCUT2D eigenvalue weighted by atomic mass is 10.1. The van der Waals surface area contributed by atoms with Gasteiger partial charge in [-0.3, -0.25) is 0 Å². The third kappa shape index (κ3) is 3.33. The summed E-state index contributed by atoms with van der Waals surface area (Å²) >= 11 is 0. The Kier molecular flexibility index (Phi) is 4.97. The van der Waals surface area contributed by atoms with Gasteiger partial charge in [-0.05, 0) is 30.7 Å². The van der Waals surface area contributed by atoms with Crippen molar-refractivity contribution < 1.29 is 18.9 Å². The average Bonchev–Trinajstić information content (AvgIpc) is 3.08. The molecule has 0 unspecified atom stereocenters. The topological polar surface area (TPSA) is 65.6 Å². The highest BCUT2D eigenvalue weighted by molar-refractivity contribution is 5.81. The van der Waals surface area contributed by atoms with Crippen LogP contribution in [-0.2, 0) is 0 Å². The number of imidazole rings is 1. The van der Waals surface area contributed by atoms with Crippen molar-refractivity contribution in [1.29, 1.82) is 0 Å². The molecule has 0 radical (unpaired) electrons.